The Kier molecular flexibility index (Phi) is 3.89. The van der Waals surface area contributed by atoms with E-state index in [1.54, 1.807) is 0 Å². The Labute approximate surface area is 126 Å². The summed E-state index contributed by atoms with van der Waals surface area (Å²) in [6.45, 7) is 2.43. The standard InChI is InChI=1S/C17H24N2O2/c1-13(17-10-8-15(9-11-17)19(17)2)18-16(20)21-12-14-6-4-3-5-7-14/h3-7,13,15H,8-12H2,1-2H3,(H,18,20). The lowest BCUT2D eigenvalue weighted by molar-refractivity contribution is 0.109. The summed E-state index contributed by atoms with van der Waals surface area (Å²) < 4.78 is 5.33. The molecule has 1 amide bonds. The molecule has 1 unspecified atom stereocenters. The predicted molar refractivity (Wildman–Crippen MR) is 82.0 cm³/mol. The molecule has 2 saturated heterocycles. The molecule has 21 heavy (non-hydrogen) atoms. The first-order valence-corrected chi connectivity index (χ1v) is 7.82. The number of hydrogen-bond acceptors (Lipinski definition) is 3. The van der Waals surface area contributed by atoms with Crippen LogP contribution in [0.1, 0.15) is 38.2 Å². The van der Waals surface area contributed by atoms with Gasteiger partial charge in [0.1, 0.15) is 6.61 Å². The first kappa shape index (κ1) is 14.4. The highest BCUT2D eigenvalue weighted by Gasteiger charge is 2.52. The quantitative estimate of drug-likeness (QED) is 0.926. The van der Waals surface area contributed by atoms with E-state index in [1.165, 1.54) is 25.7 Å². The Morgan fingerprint density at radius 2 is 2.05 bits per heavy atom. The van der Waals surface area contributed by atoms with Gasteiger partial charge in [-0.2, -0.15) is 0 Å². The van der Waals surface area contributed by atoms with Crippen molar-refractivity contribution in [3.05, 3.63) is 35.9 Å². The lowest BCUT2D eigenvalue weighted by Gasteiger charge is -2.38. The number of fused-ring (bicyclic) bond motifs is 2. The zero-order chi connectivity index (χ0) is 14.9. The van der Waals surface area contributed by atoms with E-state index in [-0.39, 0.29) is 17.7 Å². The molecule has 2 bridgehead atoms. The van der Waals surface area contributed by atoms with E-state index in [1.807, 2.05) is 30.3 Å². The molecule has 2 aliphatic heterocycles. The van der Waals surface area contributed by atoms with E-state index in [9.17, 15) is 4.79 Å². The molecule has 114 valence electrons. The van der Waals surface area contributed by atoms with Crippen LogP contribution in [-0.4, -0.2) is 35.7 Å². The molecular formula is C17H24N2O2. The fraction of sp³-hybridized carbons (Fsp3) is 0.588. The summed E-state index contributed by atoms with van der Waals surface area (Å²) in [5, 5.41) is 3.04. The van der Waals surface area contributed by atoms with Gasteiger partial charge in [0.25, 0.3) is 0 Å². The monoisotopic (exact) mass is 288 g/mol. The second-order valence-electron chi connectivity index (χ2n) is 6.37. The number of nitrogens with zero attached hydrogens (tertiary/aromatic N) is 1. The van der Waals surface area contributed by atoms with E-state index in [0.29, 0.717) is 12.6 Å². The summed E-state index contributed by atoms with van der Waals surface area (Å²) in [4.78, 5) is 14.5. The van der Waals surface area contributed by atoms with Crippen LogP contribution in [0.3, 0.4) is 0 Å². The van der Waals surface area contributed by atoms with Crippen LogP contribution in [0.4, 0.5) is 4.79 Å². The molecule has 1 aromatic carbocycles. The third-order valence-corrected chi connectivity index (χ3v) is 5.42. The predicted octanol–water partition coefficient (Wildman–Crippen LogP) is 2.93. The molecule has 4 heteroatoms. The molecule has 0 spiro atoms. The number of nitrogens with one attached hydrogen (secondary N) is 1. The molecule has 1 aromatic rings. The number of likely N-dealkylation sites (N-methyl/N-ethyl adjacent to an activating group) is 1. The lowest BCUT2D eigenvalue weighted by atomic mass is 9.82. The topological polar surface area (TPSA) is 41.6 Å². The summed E-state index contributed by atoms with van der Waals surface area (Å²) in [6, 6.07) is 10.6. The molecule has 2 heterocycles. The third kappa shape index (κ3) is 2.64. The van der Waals surface area contributed by atoms with Gasteiger partial charge < -0.3 is 10.1 Å². The largest absolute Gasteiger partial charge is 0.445 e. The lowest BCUT2D eigenvalue weighted by Crippen LogP contribution is -2.55. The smallest absolute Gasteiger partial charge is 0.407 e. The van der Waals surface area contributed by atoms with Gasteiger partial charge in [-0.15, -0.1) is 0 Å². The van der Waals surface area contributed by atoms with Crippen LogP contribution in [0, 0.1) is 0 Å². The van der Waals surface area contributed by atoms with Gasteiger partial charge in [0.05, 0.1) is 0 Å². The van der Waals surface area contributed by atoms with Gasteiger partial charge >= 0.3 is 6.09 Å². The third-order valence-electron chi connectivity index (χ3n) is 5.42. The van der Waals surface area contributed by atoms with Crippen molar-refractivity contribution in [2.24, 2.45) is 0 Å². The van der Waals surface area contributed by atoms with E-state index in [2.05, 4.69) is 24.2 Å². The first-order valence-electron chi connectivity index (χ1n) is 7.82. The van der Waals surface area contributed by atoms with Crippen LogP contribution in [-0.2, 0) is 11.3 Å². The highest BCUT2D eigenvalue weighted by atomic mass is 16.5. The van der Waals surface area contributed by atoms with Crippen LogP contribution in [0.2, 0.25) is 0 Å². The van der Waals surface area contributed by atoms with Crippen LogP contribution in [0.15, 0.2) is 30.3 Å². The van der Waals surface area contributed by atoms with Gasteiger partial charge in [-0.1, -0.05) is 30.3 Å². The van der Waals surface area contributed by atoms with Crippen molar-refractivity contribution in [3.8, 4) is 0 Å². The fourth-order valence-corrected chi connectivity index (χ4v) is 4.02. The van der Waals surface area contributed by atoms with Crippen molar-refractivity contribution >= 4 is 6.09 Å². The van der Waals surface area contributed by atoms with Crippen LogP contribution < -0.4 is 5.32 Å². The van der Waals surface area contributed by atoms with Crippen LogP contribution in [0.5, 0.6) is 0 Å². The SMILES string of the molecule is CC(NC(=O)OCc1ccccc1)C12CCC(CC1)N2C. The van der Waals surface area contributed by atoms with E-state index in [4.69, 9.17) is 4.74 Å². The molecule has 1 atom stereocenters. The minimum absolute atomic E-state index is 0.123. The van der Waals surface area contributed by atoms with Gasteiger partial charge in [0.2, 0.25) is 0 Å². The van der Waals surface area contributed by atoms with Crippen molar-refractivity contribution in [2.45, 2.75) is 56.8 Å². The van der Waals surface area contributed by atoms with Crippen molar-refractivity contribution < 1.29 is 9.53 Å². The van der Waals surface area contributed by atoms with Crippen molar-refractivity contribution in [3.63, 3.8) is 0 Å². The molecule has 4 nitrogen and oxygen atoms in total. The Hall–Kier alpha value is -1.55. The summed E-state index contributed by atoms with van der Waals surface area (Å²) >= 11 is 0. The first-order chi connectivity index (χ1) is 10.1. The average Bonchev–Trinajstić information content (AvgIpc) is 3.00. The minimum atomic E-state index is -0.315. The zero-order valence-electron chi connectivity index (χ0n) is 12.8. The van der Waals surface area contributed by atoms with E-state index in [0.717, 1.165) is 5.56 Å². The molecular weight excluding hydrogens is 264 g/mol. The molecule has 3 rings (SSSR count). The summed E-state index contributed by atoms with van der Waals surface area (Å²) in [5.74, 6) is 0. The molecule has 2 aliphatic rings. The Morgan fingerprint density at radius 1 is 1.38 bits per heavy atom. The Bertz CT molecular complexity index is 495. The van der Waals surface area contributed by atoms with E-state index < -0.39 is 0 Å². The van der Waals surface area contributed by atoms with Gasteiger partial charge in [0, 0.05) is 17.6 Å². The Balaban J connectivity index is 1.53. The number of rotatable bonds is 4. The fourth-order valence-electron chi connectivity index (χ4n) is 4.02. The maximum atomic E-state index is 12.0. The van der Waals surface area contributed by atoms with E-state index >= 15 is 0 Å². The normalized spacial score (nSPS) is 29.3. The highest BCUT2D eigenvalue weighted by molar-refractivity contribution is 5.67. The average molecular weight is 288 g/mol. The highest BCUT2D eigenvalue weighted by Crippen LogP contribution is 2.47. The van der Waals surface area contributed by atoms with Crippen LogP contribution >= 0.6 is 0 Å². The molecule has 2 fully saturated rings. The number of carbonyl (C=O) groups is 1. The maximum Gasteiger partial charge on any atom is 0.407 e. The van der Waals surface area contributed by atoms with Gasteiger partial charge in [-0.05, 0) is 45.2 Å². The maximum absolute atomic E-state index is 12.0. The minimum Gasteiger partial charge on any atom is -0.445 e. The number of alkyl carbamates (subject to hydrolysis) is 1. The Morgan fingerprint density at radius 3 is 2.62 bits per heavy atom. The van der Waals surface area contributed by atoms with Crippen molar-refractivity contribution in [1.82, 2.24) is 10.2 Å². The van der Waals surface area contributed by atoms with Crippen molar-refractivity contribution in [1.29, 1.82) is 0 Å². The zero-order valence-corrected chi connectivity index (χ0v) is 12.8. The second kappa shape index (κ2) is 5.68. The molecule has 0 radical (unpaired) electrons. The number of carbonyl (C=O) groups excluding carboxylic acids is 1. The molecule has 0 aliphatic carbocycles. The van der Waals surface area contributed by atoms with Gasteiger partial charge in [-0.25, -0.2) is 4.79 Å². The number of amides is 1. The molecule has 0 aromatic heterocycles. The number of benzene rings is 1. The summed E-state index contributed by atoms with van der Waals surface area (Å²) in [7, 11) is 2.19. The van der Waals surface area contributed by atoms with Crippen LogP contribution in [0.25, 0.3) is 0 Å². The molecule has 1 N–H and O–H groups in total. The summed E-state index contributed by atoms with van der Waals surface area (Å²) in [6.07, 6.45) is 4.54. The second-order valence-corrected chi connectivity index (χ2v) is 6.37. The van der Waals surface area contributed by atoms with Gasteiger partial charge in [0.15, 0.2) is 0 Å². The van der Waals surface area contributed by atoms with Crippen molar-refractivity contribution in [2.75, 3.05) is 7.05 Å². The molecule has 0 saturated carbocycles. The van der Waals surface area contributed by atoms with Gasteiger partial charge in [-0.3, -0.25) is 4.90 Å². The number of hydrogen-bond donors (Lipinski definition) is 1. The number of ether oxygens (including phenoxy) is 1. The summed E-state index contributed by atoms with van der Waals surface area (Å²) in [5.41, 5.74) is 1.15.